The Bertz CT molecular complexity index is 2490. The highest BCUT2D eigenvalue weighted by Crippen LogP contribution is 2.49. The van der Waals surface area contributed by atoms with Crippen molar-refractivity contribution in [2.24, 2.45) is 0 Å². The van der Waals surface area contributed by atoms with Gasteiger partial charge in [0.05, 0.1) is 44.5 Å². The molecule has 1 nitrogen and oxygen atoms in total. The van der Waals surface area contributed by atoms with E-state index in [1.165, 1.54) is 30.3 Å². The topological polar surface area (TPSA) is 3.24 Å². The van der Waals surface area contributed by atoms with Crippen molar-refractivity contribution in [2.75, 3.05) is 14.1 Å². The summed E-state index contributed by atoms with van der Waals surface area (Å²) in [4.78, 5) is 1.07. The lowest BCUT2D eigenvalue weighted by Crippen LogP contribution is -2.35. The zero-order valence-corrected chi connectivity index (χ0v) is 37.7. The minimum Gasteiger partial charge on any atom is -0.300 e. The normalized spacial score (nSPS) is 14.2. The van der Waals surface area contributed by atoms with E-state index in [0.717, 1.165) is 19.0 Å². The first kappa shape index (κ1) is 56.9. The largest absolute Gasteiger partial charge is 0.416 e. The van der Waals surface area contributed by atoms with Crippen LogP contribution in [-0.4, -0.2) is 19.0 Å². The monoisotopic (exact) mass is 1110 g/mol. The molecule has 0 N–H and O–H groups in total. The van der Waals surface area contributed by atoms with Crippen LogP contribution < -0.4 is 31.8 Å². The number of nitrogens with zero attached hydrogens (tertiary/aromatic N) is 1. The van der Waals surface area contributed by atoms with E-state index in [1.54, 1.807) is 0 Å². The van der Waals surface area contributed by atoms with Crippen molar-refractivity contribution >= 4 is 47.7 Å². The summed E-state index contributed by atoms with van der Waals surface area (Å²) >= 11 is 0. The van der Waals surface area contributed by atoms with Gasteiger partial charge >= 0.3 is 49.4 Å². The second kappa shape index (κ2) is 19.4. The van der Waals surface area contributed by atoms with Crippen LogP contribution in [0.3, 0.4) is 0 Å². The summed E-state index contributed by atoms with van der Waals surface area (Å²) in [6.45, 7) is 0. The minimum absolute atomic E-state index is 0.0776. The molecule has 0 heterocycles. The van der Waals surface area contributed by atoms with Crippen molar-refractivity contribution in [3.8, 4) is 0 Å². The lowest BCUT2D eigenvalue weighted by atomic mass is 10.00. The van der Waals surface area contributed by atoms with Gasteiger partial charge in [0.1, 0.15) is 0 Å². The predicted molar refractivity (Wildman–Crippen MR) is 221 cm³/mol. The molecular formula is C46H26F24NP2-. The first-order chi connectivity index (χ1) is 33.1. The van der Waals surface area contributed by atoms with Gasteiger partial charge in [0, 0.05) is 6.04 Å². The molecular weight excluding hydrogens is 1080 g/mol. The molecule has 6 aromatic rings. The fourth-order valence-corrected chi connectivity index (χ4v) is 13.0. The lowest BCUT2D eigenvalue weighted by molar-refractivity contribution is -0.144. The molecule has 6 rings (SSSR count). The quantitative estimate of drug-likeness (QED) is 0.0792. The fourth-order valence-electron chi connectivity index (χ4n) is 7.62. The molecule has 73 heavy (non-hydrogen) atoms. The standard InChI is InChI=1S/C46H26F24NP2/c1-71(2)38(22-6-4-3-5-7-22)37-35(72(31-14-23(39(47,48)49)10-24(15-31)40(50,51)52)32-16-25(41(53,54)55)11-26(17-32)42(56,57)58)8-9-36(37)73(33-18-27(43(59,60)61)12-28(19-33)44(62,63)64)34-20-29(45(65,66)67)13-30(21-34)46(68,69)70/h3-21,38H,1-2H3/q-1/t38-/m0/s1. The van der Waals surface area contributed by atoms with Gasteiger partial charge in [-0.25, -0.2) is 6.07 Å². The molecule has 0 saturated carbocycles. The van der Waals surface area contributed by atoms with Gasteiger partial charge in [0.15, 0.2) is 0 Å². The Morgan fingerprint density at radius 1 is 0.356 bits per heavy atom. The molecule has 0 radical (unpaired) electrons. The Kier molecular flexibility index (Phi) is 15.1. The van der Waals surface area contributed by atoms with E-state index in [0.29, 0.717) is 12.1 Å². The number of rotatable bonds is 9. The highest BCUT2D eigenvalue weighted by atomic mass is 31.1. The van der Waals surface area contributed by atoms with Crippen LogP contribution in [0.5, 0.6) is 0 Å². The Labute approximate surface area is 397 Å². The average Bonchev–Trinajstić information content (AvgIpc) is 3.63. The van der Waals surface area contributed by atoms with Crippen LogP contribution in [0.4, 0.5) is 105 Å². The van der Waals surface area contributed by atoms with Crippen molar-refractivity contribution in [1.82, 2.24) is 4.90 Å². The molecule has 0 bridgehead atoms. The molecule has 0 fully saturated rings. The molecule has 6 aromatic carbocycles. The van der Waals surface area contributed by atoms with Gasteiger partial charge < -0.3 is 4.90 Å². The second-order valence-corrected chi connectivity index (χ2v) is 20.4. The Balaban J connectivity index is 1.95. The number of benzene rings is 5. The second-order valence-electron chi connectivity index (χ2n) is 16.0. The highest BCUT2D eigenvalue weighted by molar-refractivity contribution is 7.81. The van der Waals surface area contributed by atoms with Crippen LogP contribution in [0.25, 0.3) is 0 Å². The Morgan fingerprint density at radius 3 is 0.863 bits per heavy atom. The van der Waals surface area contributed by atoms with Crippen LogP contribution >= 0.6 is 15.8 Å². The SMILES string of the molecule is CN(C)[C@@H](c1ccccc1)c1c(P(c2cc(C(F)(F)F)cc(C(F)(F)F)c2)c2cc(C(F)(F)F)cc(C(F)(F)F)c2)cc[c-]1P(c1cc(C(F)(F)F)cc(C(F)(F)F)c1)c1cc(C(F)(F)F)cc(C(F)(F)F)c1. The Morgan fingerprint density at radius 2 is 0.616 bits per heavy atom. The van der Waals surface area contributed by atoms with Crippen molar-refractivity contribution < 1.29 is 105 Å². The number of hydrogen-bond donors (Lipinski definition) is 0. The maximum absolute atomic E-state index is 14.5. The summed E-state index contributed by atoms with van der Waals surface area (Å²) in [7, 11) is -5.44. The van der Waals surface area contributed by atoms with Gasteiger partial charge in [-0.05, 0) is 114 Å². The summed E-state index contributed by atoms with van der Waals surface area (Å²) in [6.07, 6.45) is -46.2. The highest BCUT2D eigenvalue weighted by Gasteiger charge is 2.43. The number of halogens is 24. The smallest absolute Gasteiger partial charge is 0.300 e. The third-order valence-corrected chi connectivity index (χ3v) is 15.5. The summed E-state index contributed by atoms with van der Waals surface area (Å²) in [5.41, 5.74) is -18.4. The summed E-state index contributed by atoms with van der Waals surface area (Å²) in [6, 6.07) is 3.11. The first-order valence-corrected chi connectivity index (χ1v) is 22.5. The van der Waals surface area contributed by atoms with E-state index in [1.807, 2.05) is 0 Å². The van der Waals surface area contributed by atoms with Crippen LogP contribution in [0.15, 0.2) is 115 Å². The molecule has 0 aromatic heterocycles. The van der Waals surface area contributed by atoms with Crippen LogP contribution in [0, 0.1) is 0 Å². The van der Waals surface area contributed by atoms with E-state index < -0.39 is 177 Å². The van der Waals surface area contributed by atoms with Gasteiger partial charge in [0.2, 0.25) is 0 Å². The number of alkyl halides is 24. The molecule has 0 unspecified atom stereocenters. The molecule has 0 spiro atoms. The van der Waals surface area contributed by atoms with Gasteiger partial charge in [0.25, 0.3) is 0 Å². The molecule has 0 amide bonds. The fraction of sp³-hybridized carbons (Fsp3) is 0.239. The van der Waals surface area contributed by atoms with E-state index in [2.05, 4.69) is 0 Å². The average molecular weight is 1110 g/mol. The van der Waals surface area contributed by atoms with Crippen LogP contribution in [0.2, 0.25) is 0 Å². The van der Waals surface area contributed by atoms with Crippen molar-refractivity contribution in [3.63, 3.8) is 0 Å². The van der Waals surface area contributed by atoms with E-state index in [4.69, 9.17) is 0 Å². The summed E-state index contributed by atoms with van der Waals surface area (Å²) < 4.78 is 349. The molecule has 0 aliphatic carbocycles. The molecule has 0 aliphatic heterocycles. The van der Waals surface area contributed by atoms with E-state index in [9.17, 15) is 105 Å². The third-order valence-electron chi connectivity index (χ3n) is 10.7. The Hall–Kier alpha value is -5.41. The van der Waals surface area contributed by atoms with Crippen molar-refractivity contribution in [2.45, 2.75) is 55.5 Å². The maximum atomic E-state index is 14.5. The summed E-state index contributed by atoms with van der Waals surface area (Å²) in [5.74, 6) is 0. The van der Waals surface area contributed by atoms with Gasteiger partial charge in [-0.2, -0.15) is 117 Å². The van der Waals surface area contributed by atoms with Gasteiger partial charge in [-0.1, -0.05) is 46.2 Å². The van der Waals surface area contributed by atoms with Gasteiger partial charge in [-0.3, -0.25) is 0 Å². The minimum atomic E-state index is -5.77. The number of hydrogen-bond acceptors (Lipinski definition) is 1. The van der Waals surface area contributed by atoms with Crippen molar-refractivity contribution in [1.29, 1.82) is 0 Å². The molecule has 0 saturated heterocycles. The maximum Gasteiger partial charge on any atom is 0.416 e. The zero-order valence-electron chi connectivity index (χ0n) is 36.0. The van der Waals surface area contributed by atoms with Crippen molar-refractivity contribution in [3.05, 3.63) is 171 Å². The van der Waals surface area contributed by atoms with Crippen LogP contribution in [0.1, 0.15) is 61.7 Å². The third kappa shape index (κ3) is 12.8. The van der Waals surface area contributed by atoms with E-state index in [-0.39, 0.29) is 54.1 Å². The molecule has 1 atom stereocenters. The van der Waals surface area contributed by atoms with Gasteiger partial charge in [-0.15, -0.1) is 10.9 Å². The molecule has 0 aliphatic rings. The first-order valence-electron chi connectivity index (χ1n) is 19.9. The predicted octanol–water partition coefficient (Wildman–Crippen LogP) is 14.7. The van der Waals surface area contributed by atoms with Crippen LogP contribution in [-0.2, 0) is 49.4 Å². The molecule has 27 heteroatoms. The lowest BCUT2D eigenvalue weighted by Gasteiger charge is -2.38. The summed E-state index contributed by atoms with van der Waals surface area (Å²) in [5, 5.41) is -7.15. The molecule has 394 valence electrons. The van der Waals surface area contributed by atoms with E-state index >= 15 is 0 Å². The zero-order chi connectivity index (χ0) is 55.0.